The van der Waals surface area contributed by atoms with Crippen molar-refractivity contribution in [2.75, 3.05) is 18.4 Å². The maximum Gasteiger partial charge on any atom is 0.261 e. The zero-order valence-corrected chi connectivity index (χ0v) is 24.5. The topological polar surface area (TPSA) is 114 Å². The van der Waals surface area contributed by atoms with Crippen LogP contribution in [0.2, 0.25) is 0 Å². The van der Waals surface area contributed by atoms with Crippen molar-refractivity contribution < 1.29 is 31.9 Å². The van der Waals surface area contributed by atoms with E-state index >= 15 is 0 Å². The van der Waals surface area contributed by atoms with Crippen molar-refractivity contribution in [2.24, 2.45) is 0 Å². The summed E-state index contributed by atoms with van der Waals surface area (Å²) in [5, 5.41) is 2.88. The van der Waals surface area contributed by atoms with E-state index in [4.69, 9.17) is 9.47 Å². The second kappa shape index (κ2) is 14.3. The van der Waals surface area contributed by atoms with Gasteiger partial charge in [-0.1, -0.05) is 42.5 Å². The number of benzene rings is 4. The van der Waals surface area contributed by atoms with E-state index in [1.54, 1.807) is 26.2 Å². The van der Waals surface area contributed by atoms with Crippen molar-refractivity contribution in [3.63, 3.8) is 0 Å². The minimum absolute atomic E-state index is 0.0413. The molecule has 2 amide bonds. The maximum atomic E-state index is 13.4. The van der Waals surface area contributed by atoms with Gasteiger partial charge in [0.15, 0.2) is 6.61 Å². The molecule has 4 aromatic carbocycles. The molecule has 11 heteroatoms. The molecule has 0 fully saturated rings. The van der Waals surface area contributed by atoms with E-state index in [0.29, 0.717) is 12.3 Å². The summed E-state index contributed by atoms with van der Waals surface area (Å²) in [5.74, 6) is -0.317. The monoisotopic (exact) mass is 605 g/mol. The van der Waals surface area contributed by atoms with Gasteiger partial charge < -0.3 is 19.7 Å². The van der Waals surface area contributed by atoms with E-state index < -0.39 is 27.8 Å². The van der Waals surface area contributed by atoms with Gasteiger partial charge in [-0.05, 0) is 78.7 Å². The Morgan fingerprint density at radius 2 is 1.47 bits per heavy atom. The fourth-order valence-electron chi connectivity index (χ4n) is 4.12. The Morgan fingerprint density at radius 3 is 2.09 bits per heavy atom. The molecule has 0 spiro atoms. The molecule has 4 aromatic rings. The van der Waals surface area contributed by atoms with Crippen molar-refractivity contribution in [3.8, 4) is 11.5 Å². The molecule has 9 nitrogen and oxygen atoms in total. The van der Waals surface area contributed by atoms with Crippen molar-refractivity contribution in [1.82, 2.24) is 10.2 Å². The Balaban J connectivity index is 1.42. The first-order chi connectivity index (χ1) is 20.6. The van der Waals surface area contributed by atoms with Gasteiger partial charge in [-0.15, -0.1) is 0 Å². The first kappa shape index (κ1) is 31.0. The summed E-state index contributed by atoms with van der Waals surface area (Å²) >= 11 is 0. The summed E-state index contributed by atoms with van der Waals surface area (Å²) in [6.45, 7) is 1.73. The highest BCUT2D eigenvalue weighted by atomic mass is 32.2. The van der Waals surface area contributed by atoms with Crippen LogP contribution < -0.4 is 19.5 Å². The molecule has 224 valence electrons. The van der Waals surface area contributed by atoms with Crippen LogP contribution in [0.15, 0.2) is 108 Å². The summed E-state index contributed by atoms with van der Waals surface area (Å²) in [7, 11) is -2.37. The third kappa shape index (κ3) is 8.79. The number of amides is 2. The number of rotatable bonds is 13. The SMILES string of the molecule is COc1ccc(CN(C(=O)COc2ccc(S(=O)(=O)Nc3ccc(F)cc3)cc2)C(C)C(=O)NCc2ccccc2)cc1. The van der Waals surface area contributed by atoms with Crippen LogP contribution in [0.3, 0.4) is 0 Å². The Labute approximate surface area is 250 Å². The lowest BCUT2D eigenvalue weighted by atomic mass is 10.1. The van der Waals surface area contributed by atoms with Gasteiger partial charge in [0, 0.05) is 18.8 Å². The highest BCUT2D eigenvalue weighted by Crippen LogP contribution is 2.20. The van der Waals surface area contributed by atoms with Crippen LogP contribution in [-0.2, 0) is 32.7 Å². The quantitative estimate of drug-likeness (QED) is 0.228. The summed E-state index contributed by atoms with van der Waals surface area (Å²) in [4.78, 5) is 27.8. The Hall–Kier alpha value is -4.90. The molecular formula is C32H32FN3O6S. The van der Waals surface area contributed by atoms with Gasteiger partial charge in [0.05, 0.1) is 12.0 Å². The minimum Gasteiger partial charge on any atom is -0.497 e. The zero-order valence-electron chi connectivity index (χ0n) is 23.7. The molecule has 0 saturated heterocycles. The Morgan fingerprint density at radius 1 is 0.837 bits per heavy atom. The number of hydrogen-bond acceptors (Lipinski definition) is 6. The van der Waals surface area contributed by atoms with Crippen LogP contribution in [0.1, 0.15) is 18.1 Å². The van der Waals surface area contributed by atoms with Crippen molar-refractivity contribution in [1.29, 1.82) is 0 Å². The fraction of sp³-hybridized carbons (Fsp3) is 0.188. The van der Waals surface area contributed by atoms with Crippen LogP contribution in [-0.4, -0.2) is 44.9 Å². The number of nitrogens with one attached hydrogen (secondary N) is 2. The lowest BCUT2D eigenvalue weighted by molar-refractivity contribution is -0.142. The standard InChI is InChI=1S/C32H32FN3O6S/c1-23(32(38)34-20-24-6-4-3-5-7-24)36(21-25-8-14-28(41-2)15-9-25)31(37)22-42-29-16-18-30(19-17-29)43(39,40)35-27-12-10-26(33)11-13-27/h3-19,23,35H,20-22H2,1-2H3,(H,34,38). The molecule has 1 unspecified atom stereocenters. The average molecular weight is 606 g/mol. The molecule has 0 aromatic heterocycles. The van der Waals surface area contributed by atoms with Gasteiger partial charge in [-0.2, -0.15) is 0 Å². The number of halogens is 1. The number of methoxy groups -OCH3 is 1. The van der Waals surface area contributed by atoms with Gasteiger partial charge in [-0.25, -0.2) is 12.8 Å². The smallest absolute Gasteiger partial charge is 0.261 e. The summed E-state index contributed by atoms with van der Waals surface area (Å²) in [6, 6.07) is 26.3. The predicted molar refractivity (Wildman–Crippen MR) is 160 cm³/mol. The van der Waals surface area contributed by atoms with Crippen molar-refractivity contribution in [2.45, 2.75) is 31.0 Å². The largest absolute Gasteiger partial charge is 0.497 e. The zero-order chi connectivity index (χ0) is 30.8. The van der Waals surface area contributed by atoms with Crippen molar-refractivity contribution >= 4 is 27.5 Å². The minimum atomic E-state index is -3.93. The third-order valence-corrected chi connectivity index (χ3v) is 7.98. The number of carbonyl (C=O) groups is 2. The molecule has 0 saturated carbocycles. The normalized spacial score (nSPS) is 11.7. The number of nitrogens with zero attached hydrogens (tertiary/aromatic N) is 1. The highest BCUT2D eigenvalue weighted by molar-refractivity contribution is 7.92. The number of hydrogen-bond donors (Lipinski definition) is 2. The molecule has 43 heavy (non-hydrogen) atoms. The van der Waals surface area contributed by atoms with Gasteiger partial charge in [-0.3, -0.25) is 14.3 Å². The van der Waals surface area contributed by atoms with E-state index in [-0.39, 0.29) is 35.4 Å². The molecule has 0 radical (unpaired) electrons. The molecule has 0 bridgehead atoms. The second-order valence-corrected chi connectivity index (χ2v) is 11.3. The maximum absolute atomic E-state index is 13.4. The lowest BCUT2D eigenvalue weighted by Gasteiger charge is -2.29. The molecule has 4 rings (SSSR count). The first-order valence-corrected chi connectivity index (χ1v) is 14.9. The Bertz CT molecular complexity index is 1610. The second-order valence-electron chi connectivity index (χ2n) is 9.62. The fourth-order valence-corrected chi connectivity index (χ4v) is 5.18. The van der Waals surface area contributed by atoms with Crippen LogP contribution in [0.25, 0.3) is 0 Å². The molecular weight excluding hydrogens is 573 g/mol. The first-order valence-electron chi connectivity index (χ1n) is 13.4. The summed E-state index contributed by atoms with van der Waals surface area (Å²) in [6.07, 6.45) is 0. The van der Waals surface area contributed by atoms with E-state index in [1.807, 2.05) is 42.5 Å². The average Bonchev–Trinajstić information content (AvgIpc) is 3.03. The van der Waals surface area contributed by atoms with Crippen LogP contribution >= 0.6 is 0 Å². The van der Waals surface area contributed by atoms with Crippen LogP contribution in [0, 0.1) is 5.82 Å². The van der Waals surface area contributed by atoms with E-state index in [0.717, 1.165) is 23.3 Å². The molecule has 0 heterocycles. The molecule has 0 aliphatic heterocycles. The highest BCUT2D eigenvalue weighted by Gasteiger charge is 2.26. The summed E-state index contributed by atoms with van der Waals surface area (Å²) in [5.41, 5.74) is 1.93. The number of carbonyl (C=O) groups excluding carboxylic acids is 2. The number of anilines is 1. The molecule has 2 N–H and O–H groups in total. The Kier molecular flexibility index (Phi) is 10.3. The van der Waals surface area contributed by atoms with Crippen LogP contribution in [0.4, 0.5) is 10.1 Å². The third-order valence-electron chi connectivity index (χ3n) is 6.58. The number of sulfonamides is 1. The van der Waals surface area contributed by atoms with Crippen molar-refractivity contribution in [3.05, 3.63) is 120 Å². The number of ether oxygens (including phenoxy) is 2. The van der Waals surface area contributed by atoms with Gasteiger partial charge in [0.1, 0.15) is 23.4 Å². The molecule has 1 atom stereocenters. The summed E-state index contributed by atoms with van der Waals surface area (Å²) < 4.78 is 51.8. The lowest BCUT2D eigenvalue weighted by Crippen LogP contribution is -2.48. The van der Waals surface area contributed by atoms with E-state index in [2.05, 4.69) is 10.0 Å². The van der Waals surface area contributed by atoms with E-state index in [1.165, 1.54) is 41.3 Å². The molecule has 0 aliphatic carbocycles. The van der Waals surface area contributed by atoms with Gasteiger partial charge in [0.2, 0.25) is 5.91 Å². The molecule has 0 aliphatic rings. The van der Waals surface area contributed by atoms with Gasteiger partial charge >= 0.3 is 0 Å². The van der Waals surface area contributed by atoms with Crippen LogP contribution in [0.5, 0.6) is 11.5 Å². The van der Waals surface area contributed by atoms with Gasteiger partial charge in [0.25, 0.3) is 15.9 Å². The predicted octanol–water partition coefficient (Wildman–Crippen LogP) is 4.75. The van der Waals surface area contributed by atoms with E-state index in [9.17, 15) is 22.4 Å².